The lowest BCUT2D eigenvalue weighted by Gasteiger charge is -2.18. The summed E-state index contributed by atoms with van der Waals surface area (Å²) in [6.07, 6.45) is 8.39. The van der Waals surface area contributed by atoms with Gasteiger partial charge >= 0.3 is 0 Å². The van der Waals surface area contributed by atoms with E-state index in [-0.39, 0.29) is 0 Å². The quantitative estimate of drug-likeness (QED) is 0.205. The van der Waals surface area contributed by atoms with Gasteiger partial charge in [0.2, 0.25) is 0 Å². The Balaban J connectivity index is -0.000000204. The molecule has 0 fully saturated rings. The van der Waals surface area contributed by atoms with Gasteiger partial charge in [0.05, 0.1) is 0 Å². The Labute approximate surface area is 247 Å². The molecule has 0 amide bonds. The fourth-order valence-electron chi connectivity index (χ4n) is 3.90. The van der Waals surface area contributed by atoms with E-state index in [1.54, 1.807) is 0 Å². The lowest BCUT2D eigenvalue weighted by Crippen LogP contribution is -2.10. The molecule has 38 heavy (non-hydrogen) atoms. The summed E-state index contributed by atoms with van der Waals surface area (Å²) in [6, 6.07) is 0. The van der Waals surface area contributed by atoms with Crippen molar-refractivity contribution in [3.63, 3.8) is 0 Å². The van der Waals surface area contributed by atoms with Crippen LogP contribution in [0.5, 0.6) is 0 Å². The van der Waals surface area contributed by atoms with Gasteiger partial charge in [-0.15, -0.1) is 0 Å². The smallest absolute Gasteiger partial charge is 0.0396 e. The third-order valence-electron chi connectivity index (χ3n) is 9.00. The van der Waals surface area contributed by atoms with Gasteiger partial charge in [0.1, 0.15) is 0 Å². The normalized spacial score (nSPS) is 14.1. The molecule has 0 aromatic carbocycles. The molecule has 0 aliphatic heterocycles. The van der Waals surface area contributed by atoms with E-state index in [1.807, 2.05) is 0 Å². The summed E-state index contributed by atoms with van der Waals surface area (Å²) in [5, 5.41) is 0. The summed E-state index contributed by atoms with van der Waals surface area (Å²) < 4.78 is 0. The van der Waals surface area contributed by atoms with Crippen LogP contribution in [0.15, 0.2) is 0 Å². The second-order valence-electron chi connectivity index (χ2n) is 15.9. The molecule has 0 saturated carbocycles. The number of hydrogen-bond donors (Lipinski definition) is 0. The van der Waals surface area contributed by atoms with E-state index >= 15 is 0 Å². The molecule has 0 aromatic rings. The maximum atomic E-state index is 2.37. The minimum Gasteiger partial charge on any atom is -0.0628 e. The van der Waals surface area contributed by atoms with Crippen LogP contribution in [-0.2, 0) is 0 Å². The molecule has 236 valence electrons. The molecule has 0 N–H and O–H groups in total. The monoisotopic (exact) mass is 541 g/mol. The Kier molecular flexibility index (Phi) is 32.2. The first kappa shape index (κ1) is 45.0. The molecular formula is C38H84. The second kappa shape index (κ2) is 27.2. The number of rotatable bonds is 14. The Hall–Kier alpha value is 0. The average Bonchev–Trinajstić information content (AvgIpc) is 2.76. The molecule has 0 saturated heterocycles. The first-order chi connectivity index (χ1) is 17.2. The van der Waals surface area contributed by atoms with Gasteiger partial charge in [0, 0.05) is 0 Å². The lowest BCUT2D eigenvalue weighted by molar-refractivity contribution is 0.316. The molecule has 0 aliphatic carbocycles. The first-order valence-electron chi connectivity index (χ1n) is 17.2. The molecule has 0 bridgehead atoms. The SMILES string of the molecule is CC(C)C(C)C(C)C.CC(C)CC(C)C(C)C.CC(C)CCC(C)C(C)C.CC(C)CCCC(C)C(C)C. The van der Waals surface area contributed by atoms with Gasteiger partial charge in [-0.3, -0.25) is 0 Å². The fraction of sp³-hybridized carbons (Fsp3) is 1.00. The van der Waals surface area contributed by atoms with Crippen LogP contribution >= 0.6 is 0 Å². The molecule has 0 radical (unpaired) electrons. The Morgan fingerprint density at radius 1 is 0.289 bits per heavy atom. The van der Waals surface area contributed by atoms with Crippen molar-refractivity contribution in [2.24, 2.45) is 71.0 Å². The number of hydrogen-bond acceptors (Lipinski definition) is 0. The summed E-state index contributed by atoms with van der Waals surface area (Å²) in [4.78, 5) is 0. The van der Waals surface area contributed by atoms with Gasteiger partial charge in [-0.25, -0.2) is 0 Å². The van der Waals surface area contributed by atoms with Gasteiger partial charge < -0.3 is 0 Å². The second-order valence-corrected chi connectivity index (χ2v) is 15.9. The van der Waals surface area contributed by atoms with E-state index < -0.39 is 0 Å². The molecule has 0 heterocycles. The van der Waals surface area contributed by atoms with Crippen molar-refractivity contribution in [2.45, 2.75) is 177 Å². The Bertz CT molecular complexity index is 429. The predicted molar refractivity (Wildman–Crippen MR) is 183 cm³/mol. The zero-order valence-corrected chi connectivity index (χ0v) is 31.2. The molecule has 0 spiro atoms. The standard InChI is InChI=1S/C11H24.C10H22.C9H20.C8H18/c1-9(2)7-6-8-11(5)10(3)4;1-8(2)6-7-10(5)9(3)4;1-7(2)6-9(5)8(3)4;1-6(2)8(5)7(3)4/h9-11H,6-8H2,1-5H3;8-10H,6-7H2,1-5H3;7-9H,6H2,1-5H3;6-8H,1-5H3. The zero-order valence-electron chi connectivity index (χ0n) is 31.2. The Morgan fingerprint density at radius 3 is 0.842 bits per heavy atom. The van der Waals surface area contributed by atoms with Crippen LogP contribution < -0.4 is 0 Å². The topological polar surface area (TPSA) is 0 Å². The fourth-order valence-corrected chi connectivity index (χ4v) is 3.90. The van der Waals surface area contributed by atoms with E-state index in [0.717, 1.165) is 71.0 Å². The van der Waals surface area contributed by atoms with Crippen molar-refractivity contribution in [2.75, 3.05) is 0 Å². The zero-order chi connectivity index (χ0) is 31.2. The predicted octanol–water partition coefficient (Wildman–Crippen LogP) is 14.1. The van der Waals surface area contributed by atoms with E-state index in [0.29, 0.717) is 0 Å². The van der Waals surface area contributed by atoms with Gasteiger partial charge in [-0.2, -0.15) is 0 Å². The molecule has 0 aromatic heterocycles. The van der Waals surface area contributed by atoms with Gasteiger partial charge in [0.25, 0.3) is 0 Å². The third kappa shape index (κ3) is 36.0. The molecule has 3 atom stereocenters. The van der Waals surface area contributed by atoms with Crippen LogP contribution in [-0.4, -0.2) is 0 Å². The maximum absolute atomic E-state index is 2.37. The van der Waals surface area contributed by atoms with Crippen molar-refractivity contribution < 1.29 is 0 Å². The maximum Gasteiger partial charge on any atom is -0.0396 e. The van der Waals surface area contributed by atoms with Gasteiger partial charge in [-0.05, 0) is 77.4 Å². The van der Waals surface area contributed by atoms with Crippen molar-refractivity contribution >= 4 is 0 Å². The van der Waals surface area contributed by atoms with Crippen molar-refractivity contribution in [1.29, 1.82) is 0 Å². The van der Waals surface area contributed by atoms with Gasteiger partial charge in [-0.1, -0.05) is 171 Å². The highest BCUT2D eigenvalue weighted by Crippen LogP contribution is 2.20. The minimum atomic E-state index is 0.843. The molecule has 0 rings (SSSR count). The van der Waals surface area contributed by atoms with Crippen LogP contribution in [0.1, 0.15) is 177 Å². The van der Waals surface area contributed by atoms with Crippen molar-refractivity contribution in [1.82, 2.24) is 0 Å². The van der Waals surface area contributed by atoms with Crippen LogP contribution in [0.2, 0.25) is 0 Å². The Morgan fingerprint density at radius 2 is 0.632 bits per heavy atom. The van der Waals surface area contributed by atoms with E-state index in [4.69, 9.17) is 0 Å². The van der Waals surface area contributed by atoms with Crippen LogP contribution in [0.25, 0.3) is 0 Å². The molecule has 0 aliphatic rings. The highest BCUT2D eigenvalue weighted by atomic mass is 14.2. The summed E-state index contributed by atoms with van der Waals surface area (Å²) in [7, 11) is 0. The molecule has 0 nitrogen and oxygen atoms in total. The summed E-state index contributed by atoms with van der Waals surface area (Å²) in [5.74, 6) is 10.5. The molecule has 3 unspecified atom stereocenters. The highest BCUT2D eigenvalue weighted by molar-refractivity contribution is 4.61. The van der Waals surface area contributed by atoms with Gasteiger partial charge in [0.15, 0.2) is 0 Å². The minimum absolute atomic E-state index is 0.843. The molecular weight excluding hydrogens is 456 g/mol. The highest BCUT2D eigenvalue weighted by Gasteiger charge is 2.10. The molecule has 0 heteroatoms. The first-order valence-corrected chi connectivity index (χ1v) is 17.2. The third-order valence-corrected chi connectivity index (χ3v) is 9.00. The summed E-state index contributed by atoms with van der Waals surface area (Å²) in [6.45, 7) is 46.1. The lowest BCUT2D eigenvalue weighted by atomic mass is 9.88. The van der Waals surface area contributed by atoms with E-state index in [1.165, 1.54) is 38.5 Å². The van der Waals surface area contributed by atoms with Crippen LogP contribution in [0, 0.1) is 71.0 Å². The van der Waals surface area contributed by atoms with Crippen LogP contribution in [0.3, 0.4) is 0 Å². The van der Waals surface area contributed by atoms with Crippen molar-refractivity contribution in [3.05, 3.63) is 0 Å². The van der Waals surface area contributed by atoms with E-state index in [9.17, 15) is 0 Å². The summed E-state index contributed by atoms with van der Waals surface area (Å²) in [5.41, 5.74) is 0. The largest absolute Gasteiger partial charge is 0.0628 e. The average molecular weight is 541 g/mol. The van der Waals surface area contributed by atoms with E-state index in [2.05, 4.69) is 138 Å². The summed E-state index contributed by atoms with van der Waals surface area (Å²) >= 11 is 0. The van der Waals surface area contributed by atoms with Crippen LogP contribution in [0.4, 0.5) is 0 Å². The van der Waals surface area contributed by atoms with Crippen molar-refractivity contribution in [3.8, 4) is 0 Å².